The van der Waals surface area contributed by atoms with Gasteiger partial charge in [-0.05, 0) is 25.1 Å². The lowest BCUT2D eigenvalue weighted by Crippen LogP contribution is -2.47. The first kappa shape index (κ1) is 22.3. The van der Waals surface area contributed by atoms with Gasteiger partial charge in [-0.15, -0.1) is 11.8 Å². The van der Waals surface area contributed by atoms with Crippen LogP contribution in [0.1, 0.15) is 6.42 Å². The highest BCUT2D eigenvalue weighted by Gasteiger charge is 2.38. The Morgan fingerprint density at radius 1 is 1.29 bits per heavy atom. The number of hydrazine groups is 1. The van der Waals surface area contributed by atoms with Crippen molar-refractivity contribution in [3.05, 3.63) is 41.6 Å². The second-order valence-electron chi connectivity index (χ2n) is 5.77. The first-order chi connectivity index (χ1) is 13.1. The third kappa shape index (κ3) is 6.58. The number of nitrogens with one attached hydrogen (secondary N) is 3. The number of hydrogen-bond acceptors (Lipinski definition) is 7. The standard InChI is InChI=1S/C13H18N4O2S2.C2HF3O2/c18-21(19,12-4-2-1-3-5-12)16-13-9-20-10-17(13)15-11-6-7-14-8-11;3-2(4,5)1(6)7/h1-5,9,11,14-16H,6-8,10H2;(H,6,7)/t11-;/m0./s1. The molecule has 1 fully saturated rings. The zero-order chi connectivity index (χ0) is 20.8. The van der Waals surface area contributed by atoms with Crippen LogP contribution in [0.25, 0.3) is 0 Å². The van der Waals surface area contributed by atoms with E-state index < -0.39 is 22.2 Å². The summed E-state index contributed by atoms with van der Waals surface area (Å²) in [5.41, 5.74) is 3.36. The number of thioether (sulfide) groups is 1. The van der Waals surface area contributed by atoms with Crippen LogP contribution >= 0.6 is 11.8 Å². The van der Waals surface area contributed by atoms with Crippen LogP contribution in [0.5, 0.6) is 0 Å². The lowest BCUT2D eigenvalue weighted by Gasteiger charge is -2.26. The van der Waals surface area contributed by atoms with Crippen molar-refractivity contribution in [2.45, 2.75) is 23.5 Å². The zero-order valence-corrected chi connectivity index (χ0v) is 16.1. The summed E-state index contributed by atoms with van der Waals surface area (Å²) in [4.78, 5) is 9.16. The average molecular weight is 440 g/mol. The SMILES string of the molecule is O=C(O)C(F)(F)F.O=S(=O)(NC1=CSCN1N[C@H]1CCNC1)c1ccccc1. The smallest absolute Gasteiger partial charge is 0.475 e. The van der Waals surface area contributed by atoms with Crippen molar-refractivity contribution in [2.24, 2.45) is 0 Å². The first-order valence-corrected chi connectivity index (χ1v) is 10.6. The maximum Gasteiger partial charge on any atom is 0.490 e. The minimum Gasteiger partial charge on any atom is -0.475 e. The summed E-state index contributed by atoms with van der Waals surface area (Å²) in [5.74, 6) is -1.48. The van der Waals surface area contributed by atoms with Gasteiger partial charge in [-0.3, -0.25) is 9.73 Å². The molecule has 0 radical (unpaired) electrons. The molecular weight excluding hydrogens is 421 g/mol. The average Bonchev–Trinajstić information content (AvgIpc) is 3.28. The maximum absolute atomic E-state index is 12.3. The Labute approximate surface area is 164 Å². The molecule has 8 nitrogen and oxygen atoms in total. The highest BCUT2D eigenvalue weighted by molar-refractivity contribution is 8.02. The fourth-order valence-electron chi connectivity index (χ4n) is 2.29. The van der Waals surface area contributed by atoms with E-state index >= 15 is 0 Å². The predicted octanol–water partition coefficient (Wildman–Crippen LogP) is 1.27. The zero-order valence-electron chi connectivity index (χ0n) is 14.4. The van der Waals surface area contributed by atoms with E-state index in [0.29, 0.717) is 17.7 Å². The summed E-state index contributed by atoms with van der Waals surface area (Å²) < 4.78 is 59.1. The van der Waals surface area contributed by atoms with Crippen molar-refractivity contribution in [3.63, 3.8) is 0 Å². The van der Waals surface area contributed by atoms with Crippen LogP contribution in [0, 0.1) is 0 Å². The van der Waals surface area contributed by atoms with E-state index in [9.17, 15) is 21.6 Å². The van der Waals surface area contributed by atoms with E-state index in [0.717, 1.165) is 19.5 Å². The number of hydrogen-bond donors (Lipinski definition) is 4. The summed E-state index contributed by atoms with van der Waals surface area (Å²) in [6.07, 6.45) is -4.04. The quantitative estimate of drug-likeness (QED) is 0.542. The molecule has 3 rings (SSSR count). The number of carboxylic acid groups (broad SMARTS) is 1. The van der Waals surface area contributed by atoms with E-state index in [-0.39, 0.29) is 4.90 Å². The minimum atomic E-state index is -5.08. The molecule has 2 aliphatic rings. The van der Waals surface area contributed by atoms with Gasteiger partial charge in [-0.2, -0.15) is 13.2 Å². The molecule has 2 heterocycles. The fourth-order valence-corrected chi connectivity index (χ4v) is 4.22. The number of aliphatic carboxylic acids is 1. The molecule has 1 atom stereocenters. The molecule has 0 unspecified atom stereocenters. The van der Waals surface area contributed by atoms with Gasteiger partial charge < -0.3 is 10.4 Å². The van der Waals surface area contributed by atoms with Gasteiger partial charge in [0.2, 0.25) is 0 Å². The molecular formula is C15H19F3N4O4S2. The minimum absolute atomic E-state index is 0.269. The van der Waals surface area contributed by atoms with Crippen LogP contribution in [-0.4, -0.2) is 55.7 Å². The second kappa shape index (κ2) is 9.49. The van der Waals surface area contributed by atoms with Gasteiger partial charge in [-0.25, -0.2) is 18.6 Å². The highest BCUT2D eigenvalue weighted by Crippen LogP contribution is 2.22. The van der Waals surface area contributed by atoms with Gasteiger partial charge in [0.1, 0.15) is 5.82 Å². The Balaban J connectivity index is 0.000000345. The van der Waals surface area contributed by atoms with Crippen molar-refractivity contribution in [2.75, 3.05) is 19.0 Å². The van der Waals surface area contributed by atoms with Crippen molar-refractivity contribution >= 4 is 27.8 Å². The molecule has 1 aromatic carbocycles. The normalized spacial score (nSPS) is 19.6. The van der Waals surface area contributed by atoms with Gasteiger partial charge in [-0.1, -0.05) is 18.2 Å². The molecule has 28 heavy (non-hydrogen) atoms. The Morgan fingerprint density at radius 2 is 1.93 bits per heavy atom. The monoisotopic (exact) mass is 440 g/mol. The summed E-state index contributed by atoms with van der Waals surface area (Å²) in [7, 11) is -3.54. The predicted molar refractivity (Wildman–Crippen MR) is 97.2 cm³/mol. The third-order valence-corrected chi connectivity index (χ3v) is 5.79. The topological polar surface area (TPSA) is 111 Å². The Hall–Kier alpha value is -1.96. The van der Waals surface area contributed by atoms with Gasteiger partial charge in [0, 0.05) is 18.0 Å². The number of nitrogens with zero attached hydrogens (tertiary/aromatic N) is 1. The molecule has 1 aromatic rings. The number of sulfonamides is 1. The molecule has 156 valence electrons. The number of carbonyl (C=O) groups is 1. The molecule has 0 aromatic heterocycles. The number of halogens is 3. The van der Waals surface area contributed by atoms with Crippen LogP contribution in [0.15, 0.2) is 46.5 Å². The molecule has 0 aliphatic carbocycles. The van der Waals surface area contributed by atoms with Crippen molar-refractivity contribution in [1.29, 1.82) is 0 Å². The van der Waals surface area contributed by atoms with Crippen molar-refractivity contribution in [1.82, 2.24) is 20.5 Å². The molecule has 13 heteroatoms. The van der Waals surface area contributed by atoms with Crippen molar-refractivity contribution in [3.8, 4) is 0 Å². The van der Waals surface area contributed by atoms with Gasteiger partial charge in [0.05, 0.1) is 10.8 Å². The van der Waals surface area contributed by atoms with Crippen LogP contribution in [0.2, 0.25) is 0 Å². The summed E-state index contributed by atoms with van der Waals surface area (Å²) in [6.45, 7) is 1.90. The van der Waals surface area contributed by atoms with Gasteiger partial charge >= 0.3 is 12.1 Å². The van der Waals surface area contributed by atoms with E-state index in [1.807, 2.05) is 10.4 Å². The maximum atomic E-state index is 12.3. The molecule has 0 amide bonds. The number of benzene rings is 1. The van der Waals surface area contributed by atoms with E-state index in [1.54, 1.807) is 42.1 Å². The van der Waals surface area contributed by atoms with Crippen LogP contribution in [0.3, 0.4) is 0 Å². The Kier molecular flexibility index (Phi) is 7.57. The number of alkyl halides is 3. The summed E-state index contributed by atoms with van der Waals surface area (Å²) >= 11 is 1.56. The van der Waals surface area contributed by atoms with Crippen molar-refractivity contribution < 1.29 is 31.5 Å². The Morgan fingerprint density at radius 3 is 2.46 bits per heavy atom. The van der Waals surface area contributed by atoms with Crippen LogP contribution in [0.4, 0.5) is 13.2 Å². The summed E-state index contributed by atoms with van der Waals surface area (Å²) in [6, 6.07) is 8.74. The number of rotatable bonds is 5. The highest BCUT2D eigenvalue weighted by atomic mass is 32.2. The van der Waals surface area contributed by atoms with Crippen LogP contribution in [-0.2, 0) is 14.8 Å². The molecule has 0 bridgehead atoms. The van der Waals surface area contributed by atoms with Gasteiger partial charge in [0.15, 0.2) is 0 Å². The largest absolute Gasteiger partial charge is 0.490 e. The lowest BCUT2D eigenvalue weighted by atomic mass is 10.3. The lowest BCUT2D eigenvalue weighted by molar-refractivity contribution is -0.192. The number of carboxylic acids is 1. The van der Waals surface area contributed by atoms with E-state index in [1.165, 1.54) is 0 Å². The molecule has 4 N–H and O–H groups in total. The fraction of sp³-hybridized carbons (Fsp3) is 0.400. The van der Waals surface area contributed by atoms with E-state index in [2.05, 4.69) is 15.5 Å². The molecule has 1 saturated heterocycles. The van der Waals surface area contributed by atoms with Gasteiger partial charge in [0.25, 0.3) is 10.0 Å². The summed E-state index contributed by atoms with van der Waals surface area (Å²) in [5, 5.41) is 14.1. The molecule has 2 aliphatic heterocycles. The Bertz CT molecular complexity index is 797. The first-order valence-electron chi connectivity index (χ1n) is 8.04. The van der Waals surface area contributed by atoms with E-state index in [4.69, 9.17) is 9.90 Å². The molecule has 0 saturated carbocycles. The van der Waals surface area contributed by atoms with Crippen LogP contribution < -0.4 is 15.5 Å². The molecule has 0 spiro atoms. The second-order valence-corrected chi connectivity index (χ2v) is 8.28. The third-order valence-electron chi connectivity index (χ3n) is 3.62.